The van der Waals surface area contributed by atoms with E-state index in [0.29, 0.717) is 30.3 Å². The van der Waals surface area contributed by atoms with Crippen LogP contribution in [0.2, 0.25) is 5.02 Å². The summed E-state index contributed by atoms with van der Waals surface area (Å²) >= 11 is 7.36. The number of carbonyl (C=O) groups excluding carboxylic acids is 1. The molecular weight excluding hydrogens is 370 g/mol. The predicted molar refractivity (Wildman–Crippen MR) is 105 cm³/mol. The Balaban J connectivity index is 1.62. The lowest BCUT2D eigenvalue weighted by Crippen LogP contribution is -2.41. The van der Waals surface area contributed by atoms with Gasteiger partial charge in [-0.1, -0.05) is 42.4 Å². The Hall–Kier alpha value is -1.79. The van der Waals surface area contributed by atoms with Crippen molar-refractivity contribution in [3.05, 3.63) is 56.5 Å². The number of hydrogen-bond acceptors (Lipinski definition) is 4. The maximum absolute atomic E-state index is 12.6. The molecule has 1 aromatic heterocycles. The van der Waals surface area contributed by atoms with Crippen molar-refractivity contribution < 1.29 is 4.79 Å². The molecule has 3 rings (SSSR count). The van der Waals surface area contributed by atoms with Crippen LogP contribution in [0.1, 0.15) is 23.7 Å². The van der Waals surface area contributed by atoms with E-state index >= 15 is 0 Å². The van der Waals surface area contributed by atoms with Gasteiger partial charge in [-0.3, -0.25) is 14.2 Å². The van der Waals surface area contributed by atoms with Crippen LogP contribution >= 0.6 is 23.4 Å². The smallest absolute Gasteiger partial charge is 0.257 e. The highest BCUT2D eigenvalue weighted by Gasteiger charge is 2.27. The number of amides is 1. The van der Waals surface area contributed by atoms with Crippen molar-refractivity contribution in [1.29, 1.82) is 0 Å². The standard InChI is InChI=1S/C19H22ClN3O2S/c1-3-16-12(2)22-19-23(18(16)25)10-14(11-26-19)17(24)21-9-8-13-4-6-15(20)7-5-13/h4-7,14H,3,8-11H2,1-2H3,(H,21,24)/t14-/m1/s1. The Labute approximate surface area is 162 Å². The molecule has 0 aliphatic carbocycles. The molecule has 0 bridgehead atoms. The van der Waals surface area contributed by atoms with E-state index in [1.807, 2.05) is 38.1 Å². The highest BCUT2D eigenvalue weighted by atomic mass is 35.5. The van der Waals surface area contributed by atoms with Crippen LogP contribution in [0.25, 0.3) is 0 Å². The minimum absolute atomic E-state index is 0.0114. The lowest BCUT2D eigenvalue weighted by molar-refractivity contribution is -0.124. The Kier molecular flexibility index (Phi) is 6.04. The fraction of sp³-hybridized carbons (Fsp3) is 0.421. The number of hydrogen-bond donors (Lipinski definition) is 1. The minimum atomic E-state index is -0.218. The van der Waals surface area contributed by atoms with Gasteiger partial charge in [0.15, 0.2) is 5.16 Å². The van der Waals surface area contributed by atoms with Crippen LogP contribution in [0, 0.1) is 12.8 Å². The molecule has 0 fully saturated rings. The van der Waals surface area contributed by atoms with Crippen molar-refractivity contribution in [2.24, 2.45) is 5.92 Å². The number of nitrogens with one attached hydrogen (secondary N) is 1. The summed E-state index contributed by atoms with van der Waals surface area (Å²) in [6.45, 7) is 4.79. The summed E-state index contributed by atoms with van der Waals surface area (Å²) in [5, 5.41) is 4.41. The average molecular weight is 392 g/mol. The van der Waals surface area contributed by atoms with Crippen LogP contribution in [0.5, 0.6) is 0 Å². The van der Waals surface area contributed by atoms with Gasteiger partial charge < -0.3 is 5.32 Å². The molecule has 0 saturated heterocycles. The van der Waals surface area contributed by atoms with Gasteiger partial charge in [0.25, 0.3) is 5.56 Å². The Morgan fingerprint density at radius 2 is 2.12 bits per heavy atom. The molecular formula is C19H22ClN3O2S. The number of benzene rings is 1. The Morgan fingerprint density at radius 1 is 1.38 bits per heavy atom. The van der Waals surface area contributed by atoms with Crippen LogP contribution in [-0.2, 0) is 24.2 Å². The molecule has 5 nitrogen and oxygen atoms in total. The van der Waals surface area contributed by atoms with E-state index in [-0.39, 0.29) is 17.4 Å². The molecule has 7 heteroatoms. The first-order valence-corrected chi connectivity index (χ1v) is 10.1. The third-order valence-corrected chi connectivity index (χ3v) is 5.99. The second kappa shape index (κ2) is 8.27. The van der Waals surface area contributed by atoms with Gasteiger partial charge in [0, 0.05) is 35.1 Å². The van der Waals surface area contributed by atoms with E-state index in [0.717, 1.165) is 28.4 Å². The average Bonchev–Trinajstić information content (AvgIpc) is 2.63. The second-order valence-electron chi connectivity index (χ2n) is 6.40. The summed E-state index contributed by atoms with van der Waals surface area (Å²) < 4.78 is 1.66. The van der Waals surface area contributed by atoms with Crippen LogP contribution in [-0.4, -0.2) is 27.8 Å². The van der Waals surface area contributed by atoms with E-state index < -0.39 is 0 Å². The number of rotatable bonds is 5. The topological polar surface area (TPSA) is 64.0 Å². The first-order chi connectivity index (χ1) is 12.5. The monoisotopic (exact) mass is 391 g/mol. The largest absolute Gasteiger partial charge is 0.355 e. The number of nitrogens with zero attached hydrogens (tertiary/aromatic N) is 2. The molecule has 0 radical (unpaired) electrons. The fourth-order valence-electron chi connectivity index (χ4n) is 3.09. The zero-order chi connectivity index (χ0) is 18.7. The van der Waals surface area contributed by atoms with Crippen LogP contribution in [0.15, 0.2) is 34.2 Å². The lowest BCUT2D eigenvalue weighted by Gasteiger charge is -2.25. The van der Waals surface area contributed by atoms with Crippen molar-refractivity contribution in [3.8, 4) is 0 Å². The first-order valence-electron chi connectivity index (χ1n) is 8.74. The molecule has 2 aromatic rings. The van der Waals surface area contributed by atoms with Gasteiger partial charge in [-0.2, -0.15) is 0 Å². The highest BCUT2D eigenvalue weighted by Crippen LogP contribution is 2.26. The quantitative estimate of drug-likeness (QED) is 0.796. The van der Waals surface area contributed by atoms with E-state index in [1.54, 1.807) is 4.57 Å². The first kappa shape index (κ1) is 19.0. The molecule has 1 aliphatic rings. The number of halogens is 1. The fourth-order valence-corrected chi connectivity index (χ4v) is 4.33. The lowest BCUT2D eigenvalue weighted by atomic mass is 10.1. The zero-order valence-corrected chi connectivity index (χ0v) is 16.5. The molecule has 0 spiro atoms. The molecule has 1 atom stereocenters. The summed E-state index contributed by atoms with van der Waals surface area (Å²) in [5.41, 5.74) is 2.64. The number of carbonyl (C=O) groups is 1. The van der Waals surface area contributed by atoms with E-state index in [4.69, 9.17) is 11.6 Å². The van der Waals surface area contributed by atoms with Crippen LogP contribution in [0.3, 0.4) is 0 Å². The molecule has 26 heavy (non-hydrogen) atoms. The Morgan fingerprint density at radius 3 is 2.81 bits per heavy atom. The molecule has 0 unspecified atom stereocenters. The van der Waals surface area contributed by atoms with Gasteiger partial charge in [0.2, 0.25) is 5.91 Å². The van der Waals surface area contributed by atoms with Crippen molar-refractivity contribution in [2.45, 2.75) is 38.4 Å². The van der Waals surface area contributed by atoms with Crippen LogP contribution < -0.4 is 10.9 Å². The SMILES string of the molecule is CCc1c(C)nc2n(c1=O)C[C@@H](C(=O)NCCc1ccc(Cl)cc1)CS2. The van der Waals surface area contributed by atoms with Crippen molar-refractivity contribution in [3.63, 3.8) is 0 Å². The summed E-state index contributed by atoms with van der Waals surface area (Å²) in [6.07, 6.45) is 1.40. The third kappa shape index (κ3) is 4.13. The highest BCUT2D eigenvalue weighted by molar-refractivity contribution is 7.99. The van der Waals surface area contributed by atoms with Gasteiger partial charge in [-0.25, -0.2) is 4.98 Å². The molecule has 2 heterocycles. The molecule has 0 saturated carbocycles. The zero-order valence-electron chi connectivity index (χ0n) is 14.9. The molecule has 1 aliphatic heterocycles. The normalized spacial score (nSPS) is 16.2. The van der Waals surface area contributed by atoms with Crippen molar-refractivity contribution >= 4 is 29.3 Å². The van der Waals surface area contributed by atoms with Gasteiger partial charge in [0.1, 0.15) is 0 Å². The van der Waals surface area contributed by atoms with Crippen LogP contribution in [0.4, 0.5) is 0 Å². The van der Waals surface area contributed by atoms with Crippen molar-refractivity contribution in [1.82, 2.24) is 14.9 Å². The van der Waals surface area contributed by atoms with Gasteiger partial charge in [-0.05, 0) is 37.5 Å². The molecule has 1 amide bonds. The Bertz CT molecular complexity index is 864. The summed E-state index contributed by atoms with van der Waals surface area (Å²) in [7, 11) is 0. The number of thioether (sulfide) groups is 1. The number of aromatic nitrogens is 2. The van der Waals surface area contributed by atoms with E-state index in [2.05, 4.69) is 10.3 Å². The van der Waals surface area contributed by atoms with Crippen molar-refractivity contribution in [2.75, 3.05) is 12.3 Å². The maximum atomic E-state index is 12.6. The molecule has 1 N–H and O–H groups in total. The van der Waals surface area contributed by atoms with Gasteiger partial charge in [0.05, 0.1) is 5.92 Å². The van der Waals surface area contributed by atoms with Gasteiger partial charge >= 0.3 is 0 Å². The second-order valence-corrected chi connectivity index (χ2v) is 7.83. The summed E-state index contributed by atoms with van der Waals surface area (Å²) in [6, 6.07) is 7.61. The van der Waals surface area contributed by atoms with Gasteiger partial charge in [-0.15, -0.1) is 0 Å². The maximum Gasteiger partial charge on any atom is 0.257 e. The predicted octanol–water partition coefficient (Wildman–Crippen LogP) is 2.85. The number of fused-ring (bicyclic) bond motifs is 1. The molecule has 1 aromatic carbocycles. The third-order valence-electron chi connectivity index (χ3n) is 4.60. The van der Waals surface area contributed by atoms with E-state index in [9.17, 15) is 9.59 Å². The van der Waals surface area contributed by atoms with E-state index in [1.165, 1.54) is 11.8 Å². The summed E-state index contributed by atoms with van der Waals surface area (Å²) in [5.74, 6) is 0.414. The summed E-state index contributed by atoms with van der Waals surface area (Å²) in [4.78, 5) is 29.7. The number of aryl methyl sites for hydroxylation is 1. The minimum Gasteiger partial charge on any atom is -0.355 e. The molecule has 138 valence electrons.